The normalized spacial score (nSPS) is 14.7. The first-order valence-corrected chi connectivity index (χ1v) is 13.7. The molecule has 36 heavy (non-hydrogen) atoms. The molecule has 4 rings (SSSR count). The molecule has 1 aliphatic carbocycles. The van der Waals surface area contributed by atoms with Crippen molar-refractivity contribution in [1.82, 2.24) is 0 Å². The molecule has 188 valence electrons. The maximum absolute atomic E-state index is 12.5. The van der Waals surface area contributed by atoms with Crippen LogP contribution in [0.4, 0.5) is 5.69 Å². The lowest BCUT2D eigenvalue weighted by Gasteiger charge is -2.22. The Labute approximate surface area is 220 Å². The highest BCUT2D eigenvalue weighted by atomic mass is 35.5. The molecule has 1 amide bonds. The first kappa shape index (κ1) is 26.2. The molecule has 0 unspecified atom stereocenters. The van der Waals surface area contributed by atoms with Gasteiger partial charge in [-0.3, -0.25) is 4.79 Å². The van der Waals surface area contributed by atoms with Gasteiger partial charge in [-0.15, -0.1) is 11.6 Å². The van der Waals surface area contributed by atoms with Crippen molar-refractivity contribution >= 4 is 30.7 Å². The van der Waals surface area contributed by atoms with Crippen LogP contribution in [-0.2, 0) is 11.3 Å². The standard InChI is InChI=1S/C30H35BClNO3/c32-22-30(34)33(23-24-10-6-5-7-11-24)26-14-16-27(17-15-26)35-28-18-20-29(21-19-28)36-31-25-12-8-3-1-2-4-9-13-25/h5-7,10-11,14-21,25,31H,1-4,8-9,12-13,22-23H2. The maximum atomic E-state index is 12.5. The third-order valence-electron chi connectivity index (χ3n) is 6.77. The van der Waals surface area contributed by atoms with Gasteiger partial charge in [0, 0.05) is 5.69 Å². The number of benzene rings is 3. The highest BCUT2D eigenvalue weighted by Gasteiger charge is 2.16. The Hall–Kier alpha value is -2.92. The van der Waals surface area contributed by atoms with Crippen LogP contribution in [0, 0.1) is 0 Å². The number of nitrogens with zero attached hydrogens (tertiary/aromatic N) is 1. The van der Waals surface area contributed by atoms with Gasteiger partial charge in [-0.2, -0.15) is 0 Å². The summed E-state index contributed by atoms with van der Waals surface area (Å²) in [5.74, 6) is 2.78. The van der Waals surface area contributed by atoms with Crippen molar-refractivity contribution in [3.8, 4) is 17.2 Å². The van der Waals surface area contributed by atoms with Crippen LogP contribution in [0.15, 0.2) is 78.9 Å². The zero-order valence-electron chi connectivity index (χ0n) is 20.9. The van der Waals surface area contributed by atoms with Crippen molar-refractivity contribution in [1.29, 1.82) is 0 Å². The van der Waals surface area contributed by atoms with Crippen molar-refractivity contribution in [2.75, 3.05) is 10.8 Å². The summed E-state index contributed by atoms with van der Waals surface area (Å²) in [4.78, 5) is 14.2. The SMILES string of the molecule is O=C(CCl)N(Cc1ccccc1)c1ccc(Oc2ccc(OBC3CCCCCCCC3)cc2)cc1. The smallest absolute Gasteiger partial charge is 0.343 e. The van der Waals surface area contributed by atoms with Gasteiger partial charge in [0.25, 0.3) is 0 Å². The Kier molecular flexibility index (Phi) is 10.2. The van der Waals surface area contributed by atoms with Crippen molar-refractivity contribution in [3.05, 3.63) is 84.4 Å². The van der Waals surface area contributed by atoms with Crippen LogP contribution in [0.2, 0.25) is 5.82 Å². The maximum Gasteiger partial charge on any atom is 0.343 e. The molecular formula is C30H35BClNO3. The fraction of sp³-hybridized carbons (Fsp3) is 0.367. The van der Waals surface area contributed by atoms with Gasteiger partial charge in [-0.05, 0) is 59.9 Å². The molecule has 3 aromatic carbocycles. The fourth-order valence-electron chi connectivity index (χ4n) is 4.69. The monoisotopic (exact) mass is 503 g/mol. The highest BCUT2D eigenvalue weighted by Crippen LogP contribution is 2.29. The molecule has 1 fully saturated rings. The van der Waals surface area contributed by atoms with Gasteiger partial charge < -0.3 is 14.3 Å². The summed E-state index contributed by atoms with van der Waals surface area (Å²) in [7, 11) is 0.794. The van der Waals surface area contributed by atoms with Crippen LogP contribution in [0.5, 0.6) is 17.2 Å². The van der Waals surface area contributed by atoms with Crippen molar-refractivity contribution in [2.45, 2.75) is 63.7 Å². The molecule has 0 saturated heterocycles. The number of anilines is 1. The number of hydrogen-bond acceptors (Lipinski definition) is 3. The van der Waals surface area contributed by atoms with Crippen LogP contribution >= 0.6 is 11.6 Å². The van der Waals surface area contributed by atoms with Gasteiger partial charge in [-0.1, -0.05) is 81.7 Å². The third kappa shape index (κ3) is 8.06. The molecule has 0 aromatic heterocycles. The summed E-state index contributed by atoms with van der Waals surface area (Å²) in [6.07, 6.45) is 10.7. The molecule has 0 heterocycles. The minimum absolute atomic E-state index is 0.0692. The van der Waals surface area contributed by atoms with Crippen molar-refractivity contribution in [3.63, 3.8) is 0 Å². The lowest BCUT2D eigenvalue weighted by atomic mass is 9.73. The van der Waals surface area contributed by atoms with Gasteiger partial charge in [-0.25, -0.2) is 0 Å². The van der Waals surface area contributed by atoms with Crippen LogP contribution < -0.4 is 14.3 Å². The van der Waals surface area contributed by atoms with Crippen molar-refractivity contribution < 1.29 is 14.2 Å². The Balaban J connectivity index is 1.32. The largest absolute Gasteiger partial charge is 0.564 e. The number of hydrogen-bond donors (Lipinski definition) is 0. The minimum atomic E-state index is -0.139. The molecule has 6 heteroatoms. The predicted molar refractivity (Wildman–Crippen MR) is 150 cm³/mol. The van der Waals surface area contributed by atoms with E-state index in [0.717, 1.165) is 30.2 Å². The van der Waals surface area contributed by atoms with E-state index in [-0.39, 0.29) is 11.8 Å². The second kappa shape index (κ2) is 14.0. The number of amides is 1. The lowest BCUT2D eigenvalue weighted by Crippen LogP contribution is -2.31. The van der Waals surface area contributed by atoms with Crippen LogP contribution in [0.3, 0.4) is 0 Å². The van der Waals surface area contributed by atoms with E-state index < -0.39 is 0 Å². The predicted octanol–water partition coefficient (Wildman–Crippen LogP) is 7.90. The van der Waals surface area contributed by atoms with Crippen LogP contribution in [0.1, 0.15) is 56.9 Å². The van der Waals surface area contributed by atoms with E-state index in [9.17, 15) is 4.79 Å². The summed E-state index contributed by atoms with van der Waals surface area (Å²) in [5, 5.41) is 0. The number of alkyl halides is 1. The average molecular weight is 504 g/mol. The Morgan fingerprint density at radius 1 is 0.778 bits per heavy atom. The van der Waals surface area contributed by atoms with E-state index in [2.05, 4.69) is 0 Å². The van der Waals surface area contributed by atoms with Gasteiger partial charge >= 0.3 is 7.48 Å². The van der Waals surface area contributed by atoms with E-state index in [1.807, 2.05) is 78.9 Å². The molecule has 4 nitrogen and oxygen atoms in total. The average Bonchev–Trinajstić information content (AvgIpc) is 3.06. The summed E-state index contributed by atoms with van der Waals surface area (Å²) in [6, 6.07) is 25.2. The van der Waals surface area contributed by atoms with E-state index >= 15 is 0 Å². The van der Waals surface area contributed by atoms with E-state index in [4.69, 9.17) is 21.0 Å². The quantitative estimate of drug-likeness (QED) is 0.220. The molecule has 0 spiro atoms. The van der Waals surface area contributed by atoms with E-state index in [1.165, 1.54) is 51.4 Å². The summed E-state index contributed by atoms with van der Waals surface area (Å²) in [6.45, 7) is 0.467. The molecule has 0 aliphatic heterocycles. The number of ether oxygens (including phenoxy) is 1. The van der Waals surface area contributed by atoms with Gasteiger partial charge in [0.2, 0.25) is 5.91 Å². The van der Waals surface area contributed by atoms with E-state index in [0.29, 0.717) is 18.1 Å². The first-order valence-electron chi connectivity index (χ1n) is 13.1. The number of carbonyl (C=O) groups is 1. The molecular weight excluding hydrogens is 469 g/mol. The topological polar surface area (TPSA) is 38.8 Å². The van der Waals surface area contributed by atoms with Crippen LogP contribution in [-0.4, -0.2) is 19.3 Å². The lowest BCUT2D eigenvalue weighted by molar-refractivity contribution is -0.116. The molecule has 1 saturated carbocycles. The number of rotatable bonds is 9. The second-order valence-corrected chi connectivity index (χ2v) is 9.81. The summed E-state index contributed by atoms with van der Waals surface area (Å²) >= 11 is 5.87. The van der Waals surface area contributed by atoms with Crippen LogP contribution in [0.25, 0.3) is 0 Å². The molecule has 0 atom stereocenters. The Morgan fingerprint density at radius 3 is 1.94 bits per heavy atom. The summed E-state index contributed by atoms with van der Waals surface area (Å²) < 4.78 is 12.1. The molecule has 3 aromatic rings. The van der Waals surface area contributed by atoms with Crippen molar-refractivity contribution in [2.24, 2.45) is 0 Å². The third-order valence-corrected chi connectivity index (χ3v) is 7.00. The number of carbonyl (C=O) groups excluding carboxylic acids is 1. The van der Waals surface area contributed by atoms with Gasteiger partial charge in [0.1, 0.15) is 17.4 Å². The second-order valence-electron chi connectivity index (χ2n) is 9.54. The Morgan fingerprint density at radius 2 is 1.33 bits per heavy atom. The van der Waals surface area contributed by atoms with E-state index in [1.54, 1.807) is 4.90 Å². The first-order chi connectivity index (χ1) is 17.7. The fourth-order valence-corrected chi connectivity index (χ4v) is 4.84. The molecule has 0 bridgehead atoms. The summed E-state index contributed by atoms with van der Waals surface area (Å²) in [5.41, 5.74) is 1.83. The van der Waals surface area contributed by atoms with Gasteiger partial charge in [0.05, 0.1) is 12.3 Å². The minimum Gasteiger partial charge on any atom is -0.564 e. The molecule has 0 N–H and O–H groups in total. The molecule has 1 aliphatic rings. The number of halogens is 1. The zero-order chi connectivity index (χ0) is 25.0. The zero-order valence-corrected chi connectivity index (χ0v) is 21.7. The van der Waals surface area contributed by atoms with Gasteiger partial charge in [0.15, 0.2) is 0 Å². The Bertz CT molecular complexity index is 1050. The highest BCUT2D eigenvalue weighted by molar-refractivity contribution is 6.30. The molecule has 0 radical (unpaired) electrons.